The Morgan fingerprint density at radius 3 is 2.93 bits per heavy atom. The van der Waals surface area contributed by atoms with Crippen molar-refractivity contribution in [2.75, 3.05) is 0 Å². The minimum absolute atomic E-state index is 0.301. The second-order valence-electron chi connectivity index (χ2n) is 3.48. The Morgan fingerprint density at radius 1 is 1.40 bits per heavy atom. The van der Waals surface area contributed by atoms with Crippen molar-refractivity contribution in [2.45, 2.75) is 26.2 Å². The van der Waals surface area contributed by atoms with Crippen LogP contribution in [0.15, 0.2) is 28.9 Å². The Bertz CT molecular complexity index is 424. The first kappa shape index (κ1) is 9.83. The van der Waals surface area contributed by atoms with Crippen molar-refractivity contribution >= 4 is 0 Å². The van der Waals surface area contributed by atoms with Gasteiger partial charge in [-0.05, 0) is 18.6 Å². The van der Waals surface area contributed by atoms with Crippen molar-refractivity contribution in [1.29, 1.82) is 0 Å². The Labute approximate surface area is 88.4 Å². The van der Waals surface area contributed by atoms with E-state index in [1.165, 1.54) is 0 Å². The second kappa shape index (κ2) is 4.21. The lowest BCUT2D eigenvalue weighted by atomic mass is 10.1. The van der Waals surface area contributed by atoms with E-state index < -0.39 is 0 Å². The van der Waals surface area contributed by atoms with E-state index in [1.807, 2.05) is 18.2 Å². The maximum Gasteiger partial charge on any atom is 0.229 e. The number of nitrogens with zero attached hydrogens (tertiary/aromatic N) is 3. The topological polar surface area (TPSA) is 51.8 Å². The molecule has 2 heterocycles. The summed E-state index contributed by atoms with van der Waals surface area (Å²) in [5.74, 6) is 1.54. The van der Waals surface area contributed by atoms with E-state index in [9.17, 15) is 0 Å². The molecule has 2 aromatic heterocycles. The third-order valence-corrected chi connectivity index (χ3v) is 2.37. The molecular formula is C11H13N3O. The van der Waals surface area contributed by atoms with Crippen LogP contribution < -0.4 is 0 Å². The number of hydrogen-bond acceptors (Lipinski definition) is 4. The second-order valence-corrected chi connectivity index (χ2v) is 3.48. The van der Waals surface area contributed by atoms with Crippen LogP contribution in [0.2, 0.25) is 0 Å². The third kappa shape index (κ3) is 2.03. The molecule has 0 aliphatic heterocycles. The summed E-state index contributed by atoms with van der Waals surface area (Å²) in [4.78, 5) is 8.47. The minimum atomic E-state index is 0.301. The Kier molecular flexibility index (Phi) is 2.76. The van der Waals surface area contributed by atoms with E-state index in [0.717, 1.165) is 12.1 Å². The van der Waals surface area contributed by atoms with E-state index in [0.29, 0.717) is 17.6 Å². The summed E-state index contributed by atoms with van der Waals surface area (Å²) in [7, 11) is 0. The van der Waals surface area contributed by atoms with Crippen molar-refractivity contribution in [2.24, 2.45) is 0 Å². The molecule has 0 fully saturated rings. The van der Waals surface area contributed by atoms with Gasteiger partial charge >= 0.3 is 0 Å². The third-order valence-electron chi connectivity index (χ3n) is 2.37. The van der Waals surface area contributed by atoms with Gasteiger partial charge in [-0.25, -0.2) is 0 Å². The zero-order valence-electron chi connectivity index (χ0n) is 8.84. The van der Waals surface area contributed by atoms with Crippen LogP contribution in [-0.2, 0) is 0 Å². The SMILES string of the molecule is CCC(C)c1nc(-c2ccccn2)no1. The quantitative estimate of drug-likeness (QED) is 0.769. The first-order chi connectivity index (χ1) is 7.31. The van der Waals surface area contributed by atoms with Gasteiger partial charge in [0.05, 0.1) is 0 Å². The van der Waals surface area contributed by atoms with E-state index in [4.69, 9.17) is 4.52 Å². The smallest absolute Gasteiger partial charge is 0.229 e. The van der Waals surface area contributed by atoms with E-state index in [2.05, 4.69) is 29.0 Å². The predicted octanol–water partition coefficient (Wildman–Crippen LogP) is 2.65. The summed E-state index contributed by atoms with van der Waals surface area (Å²) in [5, 5.41) is 3.91. The molecule has 0 bridgehead atoms. The van der Waals surface area contributed by atoms with Crippen molar-refractivity contribution < 1.29 is 4.52 Å². The highest BCUT2D eigenvalue weighted by molar-refractivity contribution is 5.47. The van der Waals surface area contributed by atoms with Gasteiger partial charge in [-0.2, -0.15) is 4.98 Å². The fraction of sp³-hybridized carbons (Fsp3) is 0.364. The molecular weight excluding hydrogens is 190 g/mol. The lowest BCUT2D eigenvalue weighted by Gasteiger charge is -1.98. The molecule has 0 radical (unpaired) electrons. The maximum absolute atomic E-state index is 5.17. The summed E-state index contributed by atoms with van der Waals surface area (Å²) < 4.78 is 5.17. The van der Waals surface area contributed by atoms with Gasteiger partial charge in [0.1, 0.15) is 5.69 Å². The summed E-state index contributed by atoms with van der Waals surface area (Å²) in [5.41, 5.74) is 0.746. The van der Waals surface area contributed by atoms with Crippen molar-refractivity contribution in [3.63, 3.8) is 0 Å². The maximum atomic E-state index is 5.17. The molecule has 1 unspecified atom stereocenters. The van der Waals surface area contributed by atoms with Crippen LogP contribution in [0, 0.1) is 0 Å². The number of pyridine rings is 1. The molecule has 2 rings (SSSR count). The lowest BCUT2D eigenvalue weighted by Crippen LogP contribution is -1.91. The van der Waals surface area contributed by atoms with Crippen molar-refractivity contribution in [3.8, 4) is 11.5 Å². The molecule has 4 nitrogen and oxygen atoms in total. The van der Waals surface area contributed by atoms with E-state index in [1.54, 1.807) is 6.20 Å². The van der Waals surface area contributed by atoms with Gasteiger partial charge in [0.2, 0.25) is 11.7 Å². The first-order valence-electron chi connectivity index (χ1n) is 5.06. The Hall–Kier alpha value is -1.71. The molecule has 0 aliphatic carbocycles. The number of aromatic nitrogens is 3. The average molecular weight is 203 g/mol. The highest BCUT2D eigenvalue weighted by Gasteiger charge is 2.13. The highest BCUT2D eigenvalue weighted by atomic mass is 16.5. The van der Waals surface area contributed by atoms with Gasteiger partial charge in [-0.3, -0.25) is 4.98 Å². The largest absolute Gasteiger partial charge is 0.339 e. The number of rotatable bonds is 3. The van der Waals surface area contributed by atoms with Gasteiger partial charge < -0.3 is 4.52 Å². The van der Waals surface area contributed by atoms with Crippen LogP contribution >= 0.6 is 0 Å². The molecule has 0 amide bonds. The number of hydrogen-bond donors (Lipinski definition) is 0. The molecule has 0 saturated carbocycles. The molecule has 0 spiro atoms. The predicted molar refractivity (Wildman–Crippen MR) is 56.2 cm³/mol. The summed E-state index contributed by atoms with van der Waals surface area (Å²) in [6.07, 6.45) is 2.71. The zero-order valence-corrected chi connectivity index (χ0v) is 8.84. The Balaban J connectivity index is 2.28. The molecule has 0 aromatic carbocycles. The molecule has 1 atom stereocenters. The fourth-order valence-corrected chi connectivity index (χ4v) is 1.21. The fourth-order valence-electron chi connectivity index (χ4n) is 1.21. The van der Waals surface area contributed by atoms with Gasteiger partial charge in [0, 0.05) is 12.1 Å². The normalized spacial score (nSPS) is 12.7. The molecule has 0 N–H and O–H groups in total. The van der Waals surface area contributed by atoms with Crippen LogP contribution in [0.3, 0.4) is 0 Å². The molecule has 78 valence electrons. The summed E-state index contributed by atoms with van der Waals surface area (Å²) >= 11 is 0. The molecule has 0 saturated heterocycles. The van der Waals surface area contributed by atoms with Gasteiger partial charge in [-0.1, -0.05) is 25.1 Å². The van der Waals surface area contributed by atoms with Crippen LogP contribution in [-0.4, -0.2) is 15.1 Å². The monoisotopic (exact) mass is 203 g/mol. The Morgan fingerprint density at radius 2 is 2.27 bits per heavy atom. The van der Waals surface area contributed by atoms with E-state index in [-0.39, 0.29) is 0 Å². The summed E-state index contributed by atoms with van der Waals surface area (Å²) in [6, 6.07) is 5.63. The van der Waals surface area contributed by atoms with Crippen LogP contribution in [0.5, 0.6) is 0 Å². The minimum Gasteiger partial charge on any atom is -0.339 e. The van der Waals surface area contributed by atoms with Crippen molar-refractivity contribution in [1.82, 2.24) is 15.1 Å². The molecule has 0 aliphatic rings. The van der Waals surface area contributed by atoms with Crippen LogP contribution in [0.25, 0.3) is 11.5 Å². The summed E-state index contributed by atoms with van der Waals surface area (Å²) in [6.45, 7) is 4.16. The average Bonchev–Trinajstić information content (AvgIpc) is 2.78. The zero-order chi connectivity index (χ0) is 10.7. The molecule has 15 heavy (non-hydrogen) atoms. The highest BCUT2D eigenvalue weighted by Crippen LogP contribution is 2.19. The van der Waals surface area contributed by atoms with E-state index >= 15 is 0 Å². The van der Waals surface area contributed by atoms with Crippen molar-refractivity contribution in [3.05, 3.63) is 30.3 Å². The van der Waals surface area contributed by atoms with Crippen LogP contribution in [0.4, 0.5) is 0 Å². The van der Waals surface area contributed by atoms with Crippen LogP contribution in [0.1, 0.15) is 32.1 Å². The van der Waals surface area contributed by atoms with Gasteiger partial charge in [0.15, 0.2) is 0 Å². The molecule has 4 heteroatoms. The standard InChI is InChI=1S/C11H13N3O/c1-3-8(2)11-13-10(14-15-11)9-6-4-5-7-12-9/h4-8H,3H2,1-2H3. The molecule has 2 aromatic rings. The lowest BCUT2D eigenvalue weighted by molar-refractivity contribution is 0.357. The van der Waals surface area contributed by atoms with Gasteiger partial charge in [0.25, 0.3) is 0 Å². The first-order valence-corrected chi connectivity index (χ1v) is 5.06. The van der Waals surface area contributed by atoms with Gasteiger partial charge in [-0.15, -0.1) is 0 Å².